The molecule has 4 atom stereocenters. The minimum Gasteiger partial charge on any atom is -0.430 e. The summed E-state index contributed by atoms with van der Waals surface area (Å²) in [6, 6.07) is 0. The first-order valence-electron chi connectivity index (χ1n) is 10.3. The molecule has 1 heterocycles. The number of carbonyl (C=O) groups excluding carboxylic acids is 1. The second kappa shape index (κ2) is 11.1. The van der Waals surface area contributed by atoms with E-state index < -0.39 is 17.9 Å². The van der Waals surface area contributed by atoms with Crippen LogP contribution in [0.3, 0.4) is 0 Å². The Morgan fingerprint density at radius 2 is 1.52 bits per heavy atom. The summed E-state index contributed by atoms with van der Waals surface area (Å²) in [5.74, 6) is 2.34. The zero-order chi connectivity index (χ0) is 18.9. The molecule has 1 aliphatic rings. The highest BCUT2D eigenvalue weighted by molar-refractivity contribution is 5.62. The topological polar surface area (TPSA) is 55.8 Å². The Kier molecular flexibility index (Phi) is 9.84. The molecular weight excluding hydrogens is 316 g/mol. The van der Waals surface area contributed by atoms with E-state index in [1.165, 1.54) is 38.5 Å². The maximum atomic E-state index is 11.0. The smallest absolute Gasteiger partial charge is 0.430 e. The Hall–Kier alpha value is -0.770. The maximum Gasteiger partial charge on any atom is 0.508 e. The van der Waals surface area contributed by atoms with E-state index in [0.717, 1.165) is 24.7 Å². The van der Waals surface area contributed by atoms with Crippen molar-refractivity contribution >= 4 is 6.16 Å². The van der Waals surface area contributed by atoms with Gasteiger partial charge in [0.2, 0.25) is 0 Å². The minimum atomic E-state index is -0.989. The molecule has 0 aromatic heterocycles. The van der Waals surface area contributed by atoms with E-state index in [1.54, 1.807) is 6.92 Å². The molecule has 0 spiro atoms. The van der Waals surface area contributed by atoms with Crippen LogP contribution in [0.2, 0.25) is 0 Å². The van der Waals surface area contributed by atoms with Gasteiger partial charge in [-0.15, -0.1) is 0 Å². The third-order valence-electron chi connectivity index (χ3n) is 5.54. The molecule has 4 heteroatoms. The third kappa shape index (κ3) is 9.48. The van der Waals surface area contributed by atoms with Crippen LogP contribution in [0.15, 0.2) is 0 Å². The van der Waals surface area contributed by atoms with Gasteiger partial charge in [-0.3, -0.25) is 0 Å². The molecule has 0 aromatic rings. The highest BCUT2D eigenvalue weighted by Gasteiger charge is 2.40. The highest BCUT2D eigenvalue weighted by Crippen LogP contribution is 2.27. The second-order valence-corrected chi connectivity index (χ2v) is 8.88. The normalized spacial score (nSPS) is 22.4. The number of rotatable bonds is 13. The van der Waals surface area contributed by atoms with Gasteiger partial charge in [0.25, 0.3) is 0 Å². The van der Waals surface area contributed by atoms with Crippen molar-refractivity contribution in [3.05, 3.63) is 0 Å². The van der Waals surface area contributed by atoms with Gasteiger partial charge in [0, 0.05) is 0 Å². The van der Waals surface area contributed by atoms with E-state index in [-0.39, 0.29) is 6.61 Å². The second-order valence-electron chi connectivity index (χ2n) is 8.88. The SMILES string of the molecule is CC(C)CCCC(C)CCCC(C)CCCC(C)(O)C1COC(=O)O1. The van der Waals surface area contributed by atoms with Crippen LogP contribution in [-0.2, 0) is 9.47 Å². The monoisotopic (exact) mass is 356 g/mol. The van der Waals surface area contributed by atoms with Gasteiger partial charge in [-0.25, -0.2) is 4.79 Å². The average Bonchev–Trinajstić information content (AvgIpc) is 2.94. The molecule has 0 radical (unpaired) electrons. The summed E-state index contributed by atoms with van der Waals surface area (Å²) in [5.41, 5.74) is -0.989. The van der Waals surface area contributed by atoms with Gasteiger partial charge in [-0.05, 0) is 31.1 Å². The van der Waals surface area contributed by atoms with Crippen LogP contribution in [-0.4, -0.2) is 29.6 Å². The Bertz CT molecular complexity index is 378. The highest BCUT2D eigenvalue weighted by atomic mass is 16.8. The van der Waals surface area contributed by atoms with Crippen molar-refractivity contribution in [3.8, 4) is 0 Å². The summed E-state index contributed by atoms with van der Waals surface area (Å²) >= 11 is 0. The van der Waals surface area contributed by atoms with Crippen LogP contribution in [0, 0.1) is 17.8 Å². The summed E-state index contributed by atoms with van der Waals surface area (Å²) in [6.45, 7) is 11.2. The van der Waals surface area contributed by atoms with Crippen LogP contribution >= 0.6 is 0 Å². The zero-order valence-electron chi connectivity index (χ0n) is 17.1. The third-order valence-corrected chi connectivity index (χ3v) is 5.54. The molecule has 0 amide bonds. The first kappa shape index (κ1) is 22.3. The maximum absolute atomic E-state index is 11.0. The minimum absolute atomic E-state index is 0.163. The molecule has 148 valence electrons. The molecular formula is C21H40O4. The molecule has 0 aromatic carbocycles. The van der Waals surface area contributed by atoms with E-state index >= 15 is 0 Å². The number of hydrogen-bond donors (Lipinski definition) is 1. The molecule has 0 saturated carbocycles. The lowest BCUT2D eigenvalue weighted by atomic mass is 9.88. The fourth-order valence-electron chi connectivity index (χ4n) is 3.58. The molecule has 1 N–H and O–H groups in total. The van der Waals surface area contributed by atoms with E-state index in [2.05, 4.69) is 27.7 Å². The molecule has 1 saturated heterocycles. The van der Waals surface area contributed by atoms with Gasteiger partial charge in [0.15, 0.2) is 6.10 Å². The van der Waals surface area contributed by atoms with Crippen molar-refractivity contribution in [3.63, 3.8) is 0 Å². The van der Waals surface area contributed by atoms with Crippen molar-refractivity contribution in [2.75, 3.05) is 6.61 Å². The van der Waals surface area contributed by atoms with Gasteiger partial charge in [-0.2, -0.15) is 0 Å². The van der Waals surface area contributed by atoms with Crippen molar-refractivity contribution in [1.82, 2.24) is 0 Å². The summed E-state index contributed by atoms with van der Waals surface area (Å²) in [7, 11) is 0. The fourth-order valence-corrected chi connectivity index (χ4v) is 3.58. The van der Waals surface area contributed by atoms with Crippen LogP contribution in [0.1, 0.15) is 92.4 Å². The van der Waals surface area contributed by atoms with E-state index in [9.17, 15) is 9.90 Å². The van der Waals surface area contributed by atoms with Crippen LogP contribution in [0.4, 0.5) is 4.79 Å². The lowest BCUT2D eigenvalue weighted by Crippen LogP contribution is -2.41. The molecule has 0 aliphatic carbocycles. The van der Waals surface area contributed by atoms with Gasteiger partial charge < -0.3 is 14.6 Å². The lowest BCUT2D eigenvalue weighted by molar-refractivity contribution is -0.0543. The molecule has 1 aliphatic heterocycles. The summed E-state index contributed by atoms with van der Waals surface area (Å²) in [6.07, 6.45) is 9.47. The van der Waals surface area contributed by atoms with Crippen LogP contribution in [0.25, 0.3) is 0 Å². The lowest BCUT2D eigenvalue weighted by Gasteiger charge is -2.27. The standard InChI is InChI=1S/C21H40O4/c1-16(2)9-6-10-17(3)11-7-12-18(4)13-8-14-21(5,23)19-15-24-20(22)25-19/h16-19,23H,6-15H2,1-5H3. The predicted octanol–water partition coefficient (Wildman–Crippen LogP) is 5.71. The van der Waals surface area contributed by atoms with Crippen molar-refractivity contribution in [2.45, 2.75) is 104 Å². The number of carbonyl (C=O) groups is 1. The van der Waals surface area contributed by atoms with Gasteiger partial charge in [-0.1, -0.05) is 79.1 Å². The van der Waals surface area contributed by atoms with E-state index in [4.69, 9.17) is 9.47 Å². The van der Waals surface area contributed by atoms with Crippen LogP contribution < -0.4 is 0 Å². The fraction of sp³-hybridized carbons (Fsp3) is 0.952. The predicted molar refractivity (Wildman–Crippen MR) is 102 cm³/mol. The van der Waals surface area contributed by atoms with Gasteiger partial charge >= 0.3 is 6.16 Å². The van der Waals surface area contributed by atoms with E-state index in [0.29, 0.717) is 12.3 Å². The van der Waals surface area contributed by atoms with Crippen molar-refractivity contribution in [1.29, 1.82) is 0 Å². The molecule has 0 bridgehead atoms. The molecule has 4 nitrogen and oxygen atoms in total. The van der Waals surface area contributed by atoms with E-state index in [1.807, 2.05) is 0 Å². The van der Waals surface area contributed by atoms with Crippen molar-refractivity contribution in [2.24, 2.45) is 17.8 Å². The first-order chi connectivity index (χ1) is 11.7. The van der Waals surface area contributed by atoms with Gasteiger partial charge in [0.1, 0.15) is 12.2 Å². The van der Waals surface area contributed by atoms with Crippen molar-refractivity contribution < 1.29 is 19.4 Å². The Balaban J connectivity index is 2.08. The Morgan fingerprint density at radius 3 is 2.00 bits per heavy atom. The molecule has 1 rings (SSSR count). The number of ether oxygens (including phenoxy) is 2. The Morgan fingerprint density at radius 1 is 1.00 bits per heavy atom. The first-order valence-corrected chi connectivity index (χ1v) is 10.3. The summed E-state index contributed by atoms with van der Waals surface area (Å²) in [5, 5.41) is 10.5. The van der Waals surface area contributed by atoms with Gasteiger partial charge in [0.05, 0.1) is 0 Å². The number of cyclic esters (lactones) is 2. The average molecular weight is 357 g/mol. The van der Waals surface area contributed by atoms with Crippen LogP contribution in [0.5, 0.6) is 0 Å². The zero-order valence-corrected chi connectivity index (χ0v) is 17.1. The molecule has 1 fully saturated rings. The number of hydrogen-bond acceptors (Lipinski definition) is 4. The molecule has 4 unspecified atom stereocenters. The largest absolute Gasteiger partial charge is 0.508 e. The number of aliphatic hydroxyl groups is 1. The Labute approximate surface area is 154 Å². The summed E-state index contributed by atoms with van der Waals surface area (Å²) < 4.78 is 9.79. The quantitative estimate of drug-likeness (QED) is 0.429. The summed E-state index contributed by atoms with van der Waals surface area (Å²) in [4.78, 5) is 11.0. The molecule has 25 heavy (non-hydrogen) atoms.